The summed E-state index contributed by atoms with van der Waals surface area (Å²) in [5, 5.41) is 0. The molecule has 0 saturated carbocycles. The van der Waals surface area contributed by atoms with Crippen LogP contribution in [0.1, 0.15) is 41.0 Å². The number of rotatable bonds is 6. The number of thiocarbonyl (C=S) groups is 1. The van der Waals surface area contributed by atoms with Gasteiger partial charge >= 0.3 is 0 Å². The maximum absolute atomic E-state index is 12.2. The van der Waals surface area contributed by atoms with E-state index in [2.05, 4.69) is 13.8 Å². The molecule has 0 heterocycles. The average molecular weight is 244 g/mol. The van der Waals surface area contributed by atoms with Gasteiger partial charge in [0.15, 0.2) is 0 Å². The number of amides is 1. The molecule has 0 aliphatic heterocycles. The summed E-state index contributed by atoms with van der Waals surface area (Å²) in [6.45, 7) is 11.3. The highest BCUT2D eigenvalue weighted by atomic mass is 32.1. The Bertz CT molecular complexity index is 264. The van der Waals surface area contributed by atoms with Crippen LogP contribution in [0.15, 0.2) is 0 Å². The molecule has 4 heteroatoms. The zero-order valence-electron chi connectivity index (χ0n) is 11.0. The van der Waals surface area contributed by atoms with Crippen molar-refractivity contribution in [3.63, 3.8) is 0 Å². The van der Waals surface area contributed by atoms with E-state index in [0.29, 0.717) is 12.5 Å². The Balaban J connectivity index is 4.72. The van der Waals surface area contributed by atoms with Gasteiger partial charge in [0, 0.05) is 13.1 Å². The summed E-state index contributed by atoms with van der Waals surface area (Å²) in [5.41, 5.74) is 4.87. The first-order valence-corrected chi connectivity index (χ1v) is 6.27. The summed E-state index contributed by atoms with van der Waals surface area (Å²) in [4.78, 5) is 14.4. The van der Waals surface area contributed by atoms with Crippen LogP contribution in [0.3, 0.4) is 0 Å². The zero-order chi connectivity index (χ0) is 12.9. The van der Waals surface area contributed by atoms with Crippen molar-refractivity contribution in [3.05, 3.63) is 0 Å². The molecule has 0 saturated heterocycles. The topological polar surface area (TPSA) is 46.3 Å². The van der Waals surface area contributed by atoms with E-state index >= 15 is 0 Å². The number of hydrogen-bond donors (Lipinski definition) is 1. The van der Waals surface area contributed by atoms with Crippen molar-refractivity contribution in [1.29, 1.82) is 0 Å². The minimum Gasteiger partial charge on any atom is -0.392 e. The highest BCUT2D eigenvalue weighted by molar-refractivity contribution is 7.80. The first-order valence-electron chi connectivity index (χ1n) is 5.86. The molecule has 1 atom stereocenters. The number of carbonyl (C=O) groups excluding carboxylic acids is 1. The van der Waals surface area contributed by atoms with Gasteiger partial charge < -0.3 is 10.6 Å². The molecule has 1 unspecified atom stereocenters. The molecule has 0 aromatic rings. The van der Waals surface area contributed by atoms with Crippen molar-refractivity contribution in [1.82, 2.24) is 4.90 Å². The minimum atomic E-state index is -0.737. The first-order chi connectivity index (χ1) is 7.27. The van der Waals surface area contributed by atoms with Crippen molar-refractivity contribution in [2.75, 3.05) is 13.1 Å². The second-order valence-electron chi connectivity index (χ2n) is 4.85. The molecule has 0 aromatic carbocycles. The van der Waals surface area contributed by atoms with E-state index < -0.39 is 5.41 Å². The quantitative estimate of drug-likeness (QED) is 0.729. The van der Waals surface area contributed by atoms with Crippen LogP contribution in [0.4, 0.5) is 0 Å². The fourth-order valence-corrected chi connectivity index (χ4v) is 1.45. The van der Waals surface area contributed by atoms with Gasteiger partial charge in [-0.05, 0) is 26.7 Å². The molecule has 3 nitrogen and oxygen atoms in total. The van der Waals surface area contributed by atoms with Crippen LogP contribution >= 0.6 is 12.2 Å². The van der Waals surface area contributed by atoms with E-state index in [1.807, 2.05) is 11.8 Å². The van der Waals surface area contributed by atoms with Gasteiger partial charge in [-0.15, -0.1) is 0 Å². The third-order valence-electron chi connectivity index (χ3n) is 3.05. The summed E-state index contributed by atoms with van der Waals surface area (Å²) >= 11 is 4.95. The SMILES string of the molecule is CCC(C)CN(CC)C(=O)C(C)(C)C(N)=S. The third kappa shape index (κ3) is 3.74. The summed E-state index contributed by atoms with van der Waals surface area (Å²) in [5.74, 6) is 0.536. The van der Waals surface area contributed by atoms with Gasteiger partial charge in [-0.25, -0.2) is 0 Å². The molecule has 0 aromatic heterocycles. The molecule has 16 heavy (non-hydrogen) atoms. The summed E-state index contributed by atoms with van der Waals surface area (Å²) in [7, 11) is 0. The van der Waals surface area contributed by atoms with Crippen molar-refractivity contribution in [3.8, 4) is 0 Å². The largest absolute Gasteiger partial charge is 0.392 e. The van der Waals surface area contributed by atoms with Crippen LogP contribution in [0.25, 0.3) is 0 Å². The average Bonchev–Trinajstić information content (AvgIpc) is 2.24. The summed E-state index contributed by atoms with van der Waals surface area (Å²) < 4.78 is 0. The van der Waals surface area contributed by atoms with E-state index in [1.54, 1.807) is 13.8 Å². The molecule has 0 aliphatic carbocycles. The molecule has 2 N–H and O–H groups in total. The Labute approximate surface area is 104 Å². The van der Waals surface area contributed by atoms with Gasteiger partial charge in [-0.2, -0.15) is 0 Å². The van der Waals surface area contributed by atoms with Gasteiger partial charge in [0.25, 0.3) is 0 Å². The normalized spacial score (nSPS) is 13.3. The molecule has 94 valence electrons. The van der Waals surface area contributed by atoms with Gasteiger partial charge in [0.05, 0.1) is 10.4 Å². The highest BCUT2D eigenvalue weighted by Gasteiger charge is 2.34. The van der Waals surface area contributed by atoms with Crippen LogP contribution < -0.4 is 5.73 Å². The maximum Gasteiger partial charge on any atom is 0.235 e. The molecular formula is C12H24N2OS. The van der Waals surface area contributed by atoms with Crippen LogP contribution in [-0.2, 0) is 4.79 Å². The van der Waals surface area contributed by atoms with E-state index in [0.717, 1.165) is 13.0 Å². The molecule has 0 rings (SSSR count). The molecule has 0 aliphatic rings. The van der Waals surface area contributed by atoms with Gasteiger partial charge in [0.2, 0.25) is 5.91 Å². The van der Waals surface area contributed by atoms with Crippen LogP contribution in [0.2, 0.25) is 0 Å². The fourth-order valence-electron chi connectivity index (χ4n) is 1.36. The molecule has 0 spiro atoms. The second kappa shape index (κ2) is 6.18. The van der Waals surface area contributed by atoms with Crippen LogP contribution in [0.5, 0.6) is 0 Å². The third-order valence-corrected chi connectivity index (χ3v) is 3.56. The Morgan fingerprint density at radius 1 is 1.44 bits per heavy atom. The van der Waals surface area contributed by atoms with Crippen molar-refractivity contribution < 1.29 is 4.79 Å². The molecule has 1 amide bonds. The number of hydrogen-bond acceptors (Lipinski definition) is 2. The maximum atomic E-state index is 12.2. The lowest BCUT2D eigenvalue weighted by Gasteiger charge is -2.32. The predicted octanol–water partition coefficient (Wildman–Crippen LogP) is 2.19. The Morgan fingerprint density at radius 3 is 2.25 bits per heavy atom. The Hall–Kier alpha value is -0.640. The number of nitrogens with zero attached hydrogens (tertiary/aromatic N) is 1. The first kappa shape index (κ1) is 15.4. The summed E-state index contributed by atoms with van der Waals surface area (Å²) in [6.07, 6.45) is 1.07. The fraction of sp³-hybridized carbons (Fsp3) is 0.833. The molecular weight excluding hydrogens is 220 g/mol. The smallest absolute Gasteiger partial charge is 0.235 e. The van der Waals surface area contributed by atoms with Crippen molar-refractivity contribution >= 4 is 23.1 Å². The van der Waals surface area contributed by atoms with Crippen LogP contribution in [-0.4, -0.2) is 28.9 Å². The Kier molecular flexibility index (Phi) is 5.94. The lowest BCUT2D eigenvalue weighted by molar-refractivity contribution is -0.137. The predicted molar refractivity (Wildman–Crippen MR) is 72.3 cm³/mol. The molecule has 0 bridgehead atoms. The van der Waals surface area contributed by atoms with Gasteiger partial charge in [0.1, 0.15) is 0 Å². The van der Waals surface area contributed by atoms with E-state index in [1.165, 1.54) is 0 Å². The minimum absolute atomic E-state index is 0.0304. The van der Waals surface area contributed by atoms with Gasteiger partial charge in [-0.1, -0.05) is 32.5 Å². The monoisotopic (exact) mass is 244 g/mol. The van der Waals surface area contributed by atoms with Crippen LogP contribution in [0, 0.1) is 11.3 Å². The highest BCUT2D eigenvalue weighted by Crippen LogP contribution is 2.20. The summed E-state index contributed by atoms with van der Waals surface area (Å²) in [6, 6.07) is 0. The van der Waals surface area contributed by atoms with E-state index in [-0.39, 0.29) is 10.9 Å². The lowest BCUT2D eigenvalue weighted by Crippen LogP contribution is -2.48. The standard InChI is InChI=1S/C12H24N2OS/c1-6-9(3)8-14(7-2)11(15)12(4,5)10(13)16/h9H,6-8H2,1-5H3,(H2,13,16). The molecule has 0 fully saturated rings. The molecule has 0 radical (unpaired) electrons. The number of carbonyl (C=O) groups is 1. The van der Waals surface area contributed by atoms with Crippen molar-refractivity contribution in [2.45, 2.75) is 41.0 Å². The zero-order valence-corrected chi connectivity index (χ0v) is 11.9. The Morgan fingerprint density at radius 2 is 1.94 bits per heavy atom. The lowest BCUT2D eigenvalue weighted by atomic mass is 9.91. The van der Waals surface area contributed by atoms with Gasteiger partial charge in [-0.3, -0.25) is 4.79 Å². The van der Waals surface area contributed by atoms with Crippen molar-refractivity contribution in [2.24, 2.45) is 17.1 Å². The second-order valence-corrected chi connectivity index (χ2v) is 5.29. The van der Waals surface area contributed by atoms with E-state index in [9.17, 15) is 4.79 Å². The van der Waals surface area contributed by atoms with E-state index in [4.69, 9.17) is 18.0 Å². The number of nitrogens with two attached hydrogens (primary N) is 1.